The third-order valence-corrected chi connectivity index (χ3v) is 3.27. The molecule has 0 bridgehead atoms. The van der Waals surface area contributed by atoms with E-state index in [1.54, 1.807) is 7.11 Å². The van der Waals surface area contributed by atoms with Gasteiger partial charge in [0, 0.05) is 12.1 Å². The normalized spacial score (nSPS) is 26.7. The van der Waals surface area contributed by atoms with Gasteiger partial charge in [-0.3, -0.25) is 0 Å². The van der Waals surface area contributed by atoms with Crippen LogP contribution in [0.1, 0.15) is 18.4 Å². The van der Waals surface area contributed by atoms with E-state index < -0.39 is 5.60 Å². The molecule has 0 radical (unpaired) electrons. The van der Waals surface area contributed by atoms with Gasteiger partial charge >= 0.3 is 0 Å². The number of hydrogen-bond donors (Lipinski definition) is 1. The van der Waals surface area contributed by atoms with Crippen molar-refractivity contribution in [3.63, 3.8) is 0 Å². The lowest BCUT2D eigenvalue weighted by atomic mass is 9.85. The molecule has 1 aromatic rings. The van der Waals surface area contributed by atoms with Crippen molar-refractivity contribution in [2.75, 3.05) is 27.2 Å². The molecule has 1 saturated heterocycles. The summed E-state index contributed by atoms with van der Waals surface area (Å²) < 4.78 is 5.32. The van der Waals surface area contributed by atoms with E-state index in [1.165, 1.54) is 0 Å². The smallest absolute Gasteiger partial charge is 0.124 e. The van der Waals surface area contributed by atoms with Crippen molar-refractivity contribution >= 4 is 0 Å². The molecular formula is C13H19NO2. The number of hydrogen-bond acceptors (Lipinski definition) is 3. The van der Waals surface area contributed by atoms with Crippen LogP contribution in [0.5, 0.6) is 5.75 Å². The first-order valence-electron chi connectivity index (χ1n) is 5.70. The Balaban J connectivity index is 2.34. The molecule has 0 aromatic heterocycles. The van der Waals surface area contributed by atoms with E-state index in [0.717, 1.165) is 30.7 Å². The summed E-state index contributed by atoms with van der Waals surface area (Å²) in [5, 5.41) is 10.7. The number of para-hydroxylation sites is 1. The first kappa shape index (κ1) is 11.4. The van der Waals surface area contributed by atoms with Crippen LogP contribution in [0.25, 0.3) is 0 Å². The Morgan fingerprint density at radius 2 is 2.12 bits per heavy atom. The molecule has 1 N–H and O–H groups in total. The number of benzene rings is 1. The summed E-state index contributed by atoms with van der Waals surface area (Å²) in [5.74, 6) is 0.778. The summed E-state index contributed by atoms with van der Waals surface area (Å²) >= 11 is 0. The molecule has 1 fully saturated rings. The first-order valence-corrected chi connectivity index (χ1v) is 5.70. The molecule has 1 aliphatic heterocycles. The quantitative estimate of drug-likeness (QED) is 0.823. The SMILES string of the molecule is COc1ccccc1C1(O)CCCN(C)C1. The van der Waals surface area contributed by atoms with Crippen LogP contribution in [0, 0.1) is 0 Å². The third kappa shape index (κ3) is 2.06. The Labute approximate surface area is 96.6 Å². The summed E-state index contributed by atoms with van der Waals surface area (Å²) in [4.78, 5) is 2.16. The molecule has 1 aliphatic rings. The Bertz CT molecular complexity index is 367. The number of methoxy groups -OCH3 is 1. The van der Waals surface area contributed by atoms with Crippen molar-refractivity contribution in [1.29, 1.82) is 0 Å². The lowest BCUT2D eigenvalue weighted by Gasteiger charge is -2.38. The third-order valence-electron chi connectivity index (χ3n) is 3.27. The number of nitrogens with zero attached hydrogens (tertiary/aromatic N) is 1. The molecule has 3 heteroatoms. The predicted octanol–water partition coefficient (Wildman–Crippen LogP) is 1.61. The topological polar surface area (TPSA) is 32.7 Å². The van der Waals surface area contributed by atoms with Crippen molar-refractivity contribution < 1.29 is 9.84 Å². The molecule has 1 atom stereocenters. The van der Waals surface area contributed by atoms with Gasteiger partial charge in [-0.25, -0.2) is 0 Å². The van der Waals surface area contributed by atoms with Crippen molar-refractivity contribution in [2.24, 2.45) is 0 Å². The van der Waals surface area contributed by atoms with Gasteiger partial charge in [-0.05, 0) is 32.5 Å². The highest BCUT2D eigenvalue weighted by molar-refractivity contribution is 5.38. The van der Waals surface area contributed by atoms with Gasteiger partial charge in [0.05, 0.1) is 7.11 Å². The number of piperidine rings is 1. The van der Waals surface area contributed by atoms with Gasteiger partial charge in [0.15, 0.2) is 0 Å². The first-order chi connectivity index (χ1) is 7.65. The molecule has 3 nitrogen and oxygen atoms in total. The van der Waals surface area contributed by atoms with Crippen LogP contribution < -0.4 is 4.74 Å². The zero-order valence-corrected chi connectivity index (χ0v) is 9.94. The molecule has 1 unspecified atom stereocenters. The van der Waals surface area contributed by atoms with Crippen molar-refractivity contribution in [3.05, 3.63) is 29.8 Å². The van der Waals surface area contributed by atoms with Crippen LogP contribution >= 0.6 is 0 Å². The van der Waals surface area contributed by atoms with Gasteiger partial charge in [0.2, 0.25) is 0 Å². The van der Waals surface area contributed by atoms with E-state index in [1.807, 2.05) is 31.3 Å². The van der Waals surface area contributed by atoms with Crippen molar-refractivity contribution in [1.82, 2.24) is 4.90 Å². The molecule has 0 spiro atoms. The van der Waals surface area contributed by atoms with Crippen LogP contribution in [-0.4, -0.2) is 37.3 Å². The largest absolute Gasteiger partial charge is 0.496 e. The fraction of sp³-hybridized carbons (Fsp3) is 0.538. The number of ether oxygens (including phenoxy) is 1. The zero-order valence-electron chi connectivity index (χ0n) is 9.94. The molecular weight excluding hydrogens is 202 g/mol. The minimum Gasteiger partial charge on any atom is -0.496 e. The lowest BCUT2D eigenvalue weighted by Crippen LogP contribution is -2.44. The molecule has 2 rings (SSSR count). The monoisotopic (exact) mass is 221 g/mol. The number of β-amino-alcohol motifs (C(OH)–C–C–N with tert-alkyl or cyclic N) is 1. The van der Waals surface area contributed by atoms with E-state index in [-0.39, 0.29) is 0 Å². The Morgan fingerprint density at radius 3 is 2.81 bits per heavy atom. The maximum Gasteiger partial charge on any atom is 0.124 e. The van der Waals surface area contributed by atoms with Gasteiger partial charge in [0.25, 0.3) is 0 Å². The molecule has 0 aliphatic carbocycles. The Hall–Kier alpha value is -1.06. The maximum absolute atomic E-state index is 10.7. The van der Waals surface area contributed by atoms with Crippen LogP contribution in [0.15, 0.2) is 24.3 Å². The summed E-state index contributed by atoms with van der Waals surface area (Å²) in [7, 11) is 3.69. The maximum atomic E-state index is 10.7. The Kier molecular flexibility index (Phi) is 3.17. The van der Waals surface area contributed by atoms with Crippen LogP contribution in [0.4, 0.5) is 0 Å². The van der Waals surface area contributed by atoms with E-state index >= 15 is 0 Å². The standard InChI is InChI=1S/C13H19NO2/c1-14-9-5-8-13(15,10-14)11-6-3-4-7-12(11)16-2/h3-4,6-7,15H,5,8-10H2,1-2H3. The minimum absolute atomic E-state index is 0.674. The van der Waals surface area contributed by atoms with Crippen molar-refractivity contribution in [2.45, 2.75) is 18.4 Å². The van der Waals surface area contributed by atoms with Crippen molar-refractivity contribution in [3.8, 4) is 5.75 Å². The molecule has 1 aromatic carbocycles. The van der Waals surface area contributed by atoms with Gasteiger partial charge in [-0.2, -0.15) is 0 Å². The van der Waals surface area contributed by atoms with E-state index in [9.17, 15) is 5.11 Å². The summed E-state index contributed by atoms with van der Waals surface area (Å²) in [6, 6.07) is 7.74. The second kappa shape index (κ2) is 4.44. The number of likely N-dealkylation sites (N-methyl/N-ethyl adjacent to an activating group) is 1. The van der Waals surface area contributed by atoms with Gasteiger partial charge in [-0.1, -0.05) is 18.2 Å². The zero-order chi connectivity index (χ0) is 11.6. The second-order valence-corrected chi connectivity index (χ2v) is 4.57. The number of rotatable bonds is 2. The second-order valence-electron chi connectivity index (χ2n) is 4.57. The van der Waals surface area contributed by atoms with E-state index in [4.69, 9.17) is 4.74 Å². The minimum atomic E-state index is -0.764. The summed E-state index contributed by atoms with van der Waals surface area (Å²) in [6.45, 7) is 1.73. The summed E-state index contributed by atoms with van der Waals surface area (Å²) in [6.07, 6.45) is 1.82. The molecule has 88 valence electrons. The fourth-order valence-corrected chi connectivity index (χ4v) is 2.49. The Morgan fingerprint density at radius 1 is 1.38 bits per heavy atom. The fourth-order valence-electron chi connectivity index (χ4n) is 2.49. The summed E-state index contributed by atoms with van der Waals surface area (Å²) in [5.41, 5.74) is 0.142. The number of aliphatic hydroxyl groups is 1. The van der Waals surface area contributed by atoms with Crippen LogP contribution in [-0.2, 0) is 5.60 Å². The predicted molar refractivity (Wildman–Crippen MR) is 63.6 cm³/mol. The average molecular weight is 221 g/mol. The highest BCUT2D eigenvalue weighted by Gasteiger charge is 2.35. The molecule has 0 amide bonds. The highest BCUT2D eigenvalue weighted by atomic mass is 16.5. The number of likely N-dealkylation sites (tertiary alicyclic amines) is 1. The average Bonchev–Trinajstić information content (AvgIpc) is 2.29. The van der Waals surface area contributed by atoms with Gasteiger partial charge < -0.3 is 14.7 Å². The highest BCUT2D eigenvalue weighted by Crippen LogP contribution is 2.36. The van der Waals surface area contributed by atoms with Gasteiger partial charge in [0.1, 0.15) is 11.4 Å². The molecule has 16 heavy (non-hydrogen) atoms. The molecule has 0 saturated carbocycles. The van der Waals surface area contributed by atoms with Crippen LogP contribution in [0.3, 0.4) is 0 Å². The van der Waals surface area contributed by atoms with E-state index in [0.29, 0.717) is 6.54 Å². The lowest BCUT2D eigenvalue weighted by molar-refractivity contribution is -0.0293. The molecule has 1 heterocycles. The van der Waals surface area contributed by atoms with Gasteiger partial charge in [-0.15, -0.1) is 0 Å². The van der Waals surface area contributed by atoms with Crippen LogP contribution in [0.2, 0.25) is 0 Å². The van der Waals surface area contributed by atoms with E-state index in [2.05, 4.69) is 4.90 Å².